The van der Waals surface area contributed by atoms with E-state index in [1.165, 1.54) is 12.2 Å². The summed E-state index contributed by atoms with van der Waals surface area (Å²) in [4.78, 5) is 26.2. The first kappa shape index (κ1) is 27.9. The largest absolute Gasteiger partial charge is 0.508 e. The molecule has 3 aliphatic rings. The molecule has 0 aromatic heterocycles. The molecule has 6 heteroatoms. The van der Waals surface area contributed by atoms with E-state index in [1.807, 2.05) is 48.5 Å². The first-order chi connectivity index (χ1) is 22.0. The normalized spacial score (nSPS) is 15.8. The number of rotatable bonds is 7. The molecule has 3 aliphatic carbocycles. The number of carbonyl (C=O) groups excluding carboxylic acids is 2. The lowest BCUT2D eigenvalue weighted by Gasteiger charge is -2.43. The highest BCUT2D eigenvalue weighted by Crippen LogP contribution is 2.60. The van der Waals surface area contributed by atoms with Crippen LogP contribution in [0.15, 0.2) is 121 Å². The Kier molecular flexibility index (Phi) is 7.23. The number of aromatic hydroxyl groups is 1. The number of esters is 2. The molecule has 8 rings (SSSR count). The molecule has 5 aromatic carbocycles. The van der Waals surface area contributed by atoms with Crippen LogP contribution in [0.5, 0.6) is 23.0 Å². The molecule has 220 valence electrons. The van der Waals surface area contributed by atoms with Crippen LogP contribution in [0, 0.1) is 0 Å². The zero-order chi connectivity index (χ0) is 30.9. The van der Waals surface area contributed by atoms with Gasteiger partial charge in [-0.15, -0.1) is 0 Å². The van der Waals surface area contributed by atoms with Crippen LogP contribution in [0.25, 0.3) is 12.2 Å². The Morgan fingerprint density at radius 1 is 0.578 bits per heavy atom. The van der Waals surface area contributed by atoms with Crippen molar-refractivity contribution in [2.45, 2.75) is 11.8 Å². The lowest BCUT2D eigenvalue weighted by molar-refractivity contribution is -0.130. The maximum absolute atomic E-state index is 13.2. The number of phenolic OH excluding ortho intramolecular Hbond substituents is 1. The SMILES string of the molecule is COc1ccc(/C=C/C(=O)Oc2ccc(OC(=O)/C=C/c3ccc(O)cc3)c3c2C2c4ccccc4C3c3ccccc32)cc1. The number of carbonyl (C=O) groups is 2. The summed E-state index contributed by atoms with van der Waals surface area (Å²) < 4.78 is 17.2. The Morgan fingerprint density at radius 2 is 0.978 bits per heavy atom. The van der Waals surface area contributed by atoms with Gasteiger partial charge in [-0.05, 0) is 81.9 Å². The smallest absolute Gasteiger partial charge is 0.336 e. The molecule has 0 amide bonds. The van der Waals surface area contributed by atoms with Crippen LogP contribution in [0.1, 0.15) is 56.3 Å². The zero-order valence-corrected chi connectivity index (χ0v) is 24.3. The lowest BCUT2D eigenvalue weighted by atomic mass is 9.60. The highest BCUT2D eigenvalue weighted by molar-refractivity contribution is 5.91. The molecule has 0 radical (unpaired) electrons. The fourth-order valence-corrected chi connectivity index (χ4v) is 6.31. The van der Waals surface area contributed by atoms with Gasteiger partial charge in [-0.1, -0.05) is 72.8 Å². The maximum atomic E-state index is 13.2. The van der Waals surface area contributed by atoms with Gasteiger partial charge < -0.3 is 19.3 Å². The third-order valence-corrected chi connectivity index (χ3v) is 8.27. The molecule has 6 nitrogen and oxygen atoms in total. The van der Waals surface area contributed by atoms with E-state index in [2.05, 4.69) is 24.3 Å². The molecule has 0 saturated heterocycles. The number of hydrogen-bond donors (Lipinski definition) is 1. The van der Waals surface area contributed by atoms with E-state index in [0.717, 1.165) is 50.3 Å². The molecule has 0 spiro atoms. The van der Waals surface area contributed by atoms with Gasteiger partial charge in [0.25, 0.3) is 0 Å². The first-order valence-electron chi connectivity index (χ1n) is 14.6. The highest BCUT2D eigenvalue weighted by atomic mass is 16.5. The molecule has 0 aliphatic heterocycles. The van der Waals surface area contributed by atoms with Crippen LogP contribution in [0.4, 0.5) is 0 Å². The second-order valence-electron chi connectivity index (χ2n) is 10.9. The molecular weight excluding hydrogens is 564 g/mol. The van der Waals surface area contributed by atoms with E-state index < -0.39 is 11.9 Å². The summed E-state index contributed by atoms with van der Waals surface area (Å²) in [6.07, 6.45) is 6.09. The second-order valence-corrected chi connectivity index (χ2v) is 10.9. The zero-order valence-electron chi connectivity index (χ0n) is 24.3. The Bertz CT molecular complexity index is 1940. The Labute approximate surface area is 260 Å². The van der Waals surface area contributed by atoms with Gasteiger partial charge in [-0.3, -0.25) is 0 Å². The standard InChI is InChI=1S/C39H28O6/c1-43-27-18-12-25(13-19-27)15-23-35(42)45-33-21-20-32(44-34(41)22-14-24-10-16-26(40)17-11-24)38-36-28-6-2-4-8-30(28)37(39(33)38)31-9-5-3-7-29(31)36/h2-23,36-37,40H,1H3/b22-14+,23-15+. The summed E-state index contributed by atoms with van der Waals surface area (Å²) >= 11 is 0. The van der Waals surface area contributed by atoms with E-state index in [1.54, 1.807) is 55.7 Å². The Balaban J connectivity index is 1.27. The van der Waals surface area contributed by atoms with Gasteiger partial charge in [0.15, 0.2) is 0 Å². The van der Waals surface area contributed by atoms with Gasteiger partial charge in [-0.2, -0.15) is 0 Å². The second kappa shape index (κ2) is 11.7. The van der Waals surface area contributed by atoms with E-state index in [0.29, 0.717) is 11.5 Å². The Morgan fingerprint density at radius 3 is 1.38 bits per heavy atom. The van der Waals surface area contributed by atoms with Crippen LogP contribution in [-0.2, 0) is 9.59 Å². The first-order valence-corrected chi connectivity index (χ1v) is 14.6. The van der Waals surface area contributed by atoms with E-state index in [4.69, 9.17) is 14.2 Å². The fourth-order valence-electron chi connectivity index (χ4n) is 6.31. The van der Waals surface area contributed by atoms with Crippen LogP contribution >= 0.6 is 0 Å². The summed E-state index contributed by atoms with van der Waals surface area (Å²) in [6.45, 7) is 0. The van der Waals surface area contributed by atoms with Crippen molar-refractivity contribution in [1.82, 2.24) is 0 Å². The topological polar surface area (TPSA) is 82.1 Å². The maximum Gasteiger partial charge on any atom is 0.336 e. The molecule has 0 saturated carbocycles. The van der Waals surface area contributed by atoms with Gasteiger partial charge in [0.2, 0.25) is 0 Å². The van der Waals surface area contributed by atoms with Crippen LogP contribution in [0.2, 0.25) is 0 Å². The quantitative estimate of drug-likeness (QED) is 0.116. The van der Waals surface area contributed by atoms with Gasteiger partial charge in [0.1, 0.15) is 23.0 Å². The van der Waals surface area contributed by atoms with Crippen molar-refractivity contribution in [1.29, 1.82) is 0 Å². The van der Waals surface area contributed by atoms with E-state index >= 15 is 0 Å². The van der Waals surface area contributed by atoms with E-state index in [-0.39, 0.29) is 17.6 Å². The summed E-state index contributed by atoms with van der Waals surface area (Å²) in [6, 6.07) is 33.8. The minimum atomic E-state index is -0.541. The molecule has 0 fully saturated rings. The molecule has 0 unspecified atom stereocenters. The molecule has 45 heavy (non-hydrogen) atoms. The minimum Gasteiger partial charge on any atom is -0.508 e. The van der Waals surface area contributed by atoms with Crippen molar-refractivity contribution in [3.63, 3.8) is 0 Å². The van der Waals surface area contributed by atoms with Crippen LogP contribution in [-0.4, -0.2) is 24.2 Å². The molecule has 5 aromatic rings. The number of hydrogen-bond acceptors (Lipinski definition) is 6. The van der Waals surface area contributed by atoms with E-state index in [9.17, 15) is 14.7 Å². The highest BCUT2D eigenvalue weighted by Gasteiger charge is 2.45. The van der Waals surface area contributed by atoms with Crippen molar-refractivity contribution in [2.75, 3.05) is 7.11 Å². The average molecular weight is 593 g/mol. The molecule has 2 bridgehead atoms. The molecule has 0 heterocycles. The molecule has 0 atom stereocenters. The predicted octanol–water partition coefficient (Wildman–Crippen LogP) is 7.63. The monoisotopic (exact) mass is 592 g/mol. The van der Waals surface area contributed by atoms with Crippen molar-refractivity contribution in [3.8, 4) is 23.0 Å². The number of methoxy groups -OCH3 is 1. The van der Waals surface area contributed by atoms with Gasteiger partial charge in [-0.25, -0.2) is 9.59 Å². The summed E-state index contributed by atoms with van der Waals surface area (Å²) in [7, 11) is 1.60. The third kappa shape index (κ3) is 5.27. The van der Waals surface area contributed by atoms with Gasteiger partial charge in [0, 0.05) is 35.1 Å². The van der Waals surface area contributed by atoms with Crippen molar-refractivity contribution < 1.29 is 28.9 Å². The summed E-state index contributed by atoms with van der Waals surface area (Å²) in [5.74, 6) is 0.234. The van der Waals surface area contributed by atoms with Crippen molar-refractivity contribution in [3.05, 3.63) is 166 Å². The minimum absolute atomic E-state index is 0.147. The van der Waals surface area contributed by atoms with Crippen molar-refractivity contribution in [2.24, 2.45) is 0 Å². The molecular formula is C39H28O6. The van der Waals surface area contributed by atoms with Crippen LogP contribution < -0.4 is 14.2 Å². The third-order valence-electron chi connectivity index (χ3n) is 8.27. The fraction of sp³-hybridized carbons (Fsp3) is 0.0769. The lowest BCUT2D eigenvalue weighted by Crippen LogP contribution is -2.29. The Hall–Kier alpha value is -5.88. The number of phenols is 1. The van der Waals surface area contributed by atoms with Gasteiger partial charge in [0.05, 0.1) is 7.11 Å². The summed E-state index contributed by atoms with van der Waals surface area (Å²) in [5, 5.41) is 9.55. The molecule has 1 N–H and O–H groups in total. The van der Waals surface area contributed by atoms with Crippen molar-refractivity contribution >= 4 is 24.1 Å². The van der Waals surface area contributed by atoms with Crippen LogP contribution in [0.3, 0.4) is 0 Å². The number of ether oxygens (including phenoxy) is 3. The average Bonchev–Trinajstić information content (AvgIpc) is 3.08. The predicted molar refractivity (Wildman–Crippen MR) is 172 cm³/mol. The number of benzene rings is 5. The van der Waals surface area contributed by atoms with Gasteiger partial charge >= 0.3 is 11.9 Å². The summed E-state index contributed by atoms with van der Waals surface area (Å²) in [5.41, 5.74) is 7.75.